The fourth-order valence-corrected chi connectivity index (χ4v) is 2.86. The minimum atomic E-state index is -4.47. The Kier molecular flexibility index (Phi) is 4.20. The van der Waals surface area contributed by atoms with Crippen LogP contribution >= 0.6 is 0 Å². The topological polar surface area (TPSA) is 52.6 Å². The number of amides is 1. The molecule has 1 saturated heterocycles. The zero-order valence-electron chi connectivity index (χ0n) is 13.5. The van der Waals surface area contributed by atoms with Gasteiger partial charge in [-0.2, -0.15) is 13.2 Å². The van der Waals surface area contributed by atoms with Gasteiger partial charge < -0.3 is 15.3 Å². The van der Waals surface area contributed by atoms with Gasteiger partial charge in [0.1, 0.15) is 5.60 Å². The molecule has 0 radical (unpaired) electrons. The molecule has 1 aliphatic rings. The van der Waals surface area contributed by atoms with E-state index in [2.05, 4.69) is 5.32 Å². The Morgan fingerprint density at radius 3 is 2.36 bits per heavy atom. The third kappa shape index (κ3) is 3.32. The number of nitrogens with one attached hydrogen (secondary N) is 1. The van der Waals surface area contributed by atoms with Crippen LogP contribution in [-0.4, -0.2) is 36.1 Å². The number of likely N-dealkylation sites (tertiary alicyclic amines) is 1. The first-order valence-electron chi connectivity index (χ1n) is 7.70. The van der Waals surface area contributed by atoms with E-state index >= 15 is 0 Å². The average Bonchev–Trinajstić information content (AvgIpc) is 2.58. The second-order valence-corrected chi connectivity index (χ2v) is 6.10. The molecule has 25 heavy (non-hydrogen) atoms. The second-order valence-electron chi connectivity index (χ2n) is 6.10. The van der Waals surface area contributed by atoms with Crippen molar-refractivity contribution >= 4 is 11.6 Å². The van der Waals surface area contributed by atoms with Gasteiger partial charge in [0.2, 0.25) is 0 Å². The van der Waals surface area contributed by atoms with Crippen LogP contribution in [0.15, 0.2) is 48.5 Å². The Hall–Kier alpha value is -2.54. The van der Waals surface area contributed by atoms with Gasteiger partial charge in [-0.05, 0) is 42.0 Å². The van der Waals surface area contributed by atoms with Crippen LogP contribution in [0.25, 0.3) is 0 Å². The molecule has 0 aliphatic carbocycles. The normalized spacial score (nSPS) is 16.3. The molecule has 1 heterocycles. The Balaban J connectivity index is 1.72. The molecule has 7 heteroatoms. The number of rotatable bonds is 3. The summed E-state index contributed by atoms with van der Waals surface area (Å²) in [7, 11) is 1.77. The molecular formula is C18H17F3N2O2. The molecule has 3 rings (SSSR count). The van der Waals surface area contributed by atoms with E-state index in [0.29, 0.717) is 5.56 Å². The number of alkyl halides is 3. The van der Waals surface area contributed by atoms with Crippen LogP contribution in [0.1, 0.15) is 21.5 Å². The lowest BCUT2D eigenvalue weighted by Gasteiger charge is -2.46. The zero-order chi connectivity index (χ0) is 18.2. The Bertz CT molecular complexity index is 782. The van der Waals surface area contributed by atoms with Crippen molar-refractivity contribution in [2.45, 2.75) is 11.8 Å². The molecule has 0 aromatic heterocycles. The molecule has 1 amide bonds. The van der Waals surface area contributed by atoms with E-state index in [1.807, 2.05) is 0 Å². The maximum Gasteiger partial charge on any atom is 0.416 e. The number of nitrogens with zero attached hydrogens (tertiary/aromatic N) is 1. The van der Waals surface area contributed by atoms with Gasteiger partial charge in [0.25, 0.3) is 5.91 Å². The summed E-state index contributed by atoms with van der Waals surface area (Å²) in [6.07, 6.45) is -4.47. The van der Waals surface area contributed by atoms with E-state index in [1.165, 1.54) is 17.0 Å². The number of carbonyl (C=O) groups excluding carboxylic acids is 1. The lowest BCUT2D eigenvalue weighted by Crippen LogP contribution is -2.61. The summed E-state index contributed by atoms with van der Waals surface area (Å²) in [6, 6.07) is 11.4. The van der Waals surface area contributed by atoms with Crippen molar-refractivity contribution in [3.8, 4) is 0 Å². The Morgan fingerprint density at radius 2 is 1.80 bits per heavy atom. The van der Waals surface area contributed by atoms with Crippen molar-refractivity contribution in [2.75, 3.05) is 25.5 Å². The highest BCUT2D eigenvalue weighted by molar-refractivity contribution is 5.95. The predicted octanol–water partition coefficient (Wildman–Crippen LogP) is 3.09. The van der Waals surface area contributed by atoms with E-state index in [9.17, 15) is 23.1 Å². The highest BCUT2D eigenvalue weighted by atomic mass is 19.4. The maximum absolute atomic E-state index is 12.8. The monoisotopic (exact) mass is 350 g/mol. The van der Waals surface area contributed by atoms with Crippen molar-refractivity contribution in [3.05, 3.63) is 65.2 Å². The second kappa shape index (κ2) is 6.07. The lowest BCUT2D eigenvalue weighted by atomic mass is 9.85. The van der Waals surface area contributed by atoms with Crippen LogP contribution in [0.4, 0.5) is 18.9 Å². The lowest BCUT2D eigenvalue weighted by molar-refractivity contribution is -0.138. The predicted molar refractivity (Wildman–Crippen MR) is 87.2 cm³/mol. The Labute approximate surface area is 142 Å². The van der Waals surface area contributed by atoms with Crippen molar-refractivity contribution in [1.29, 1.82) is 0 Å². The van der Waals surface area contributed by atoms with Gasteiger partial charge in [-0.25, -0.2) is 0 Å². The molecule has 0 atom stereocenters. The van der Waals surface area contributed by atoms with E-state index in [0.717, 1.165) is 17.8 Å². The largest absolute Gasteiger partial charge is 0.416 e. The summed E-state index contributed by atoms with van der Waals surface area (Å²) in [5.41, 5.74) is -0.782. The van der Waals surface area contributed by atoms with Crippen LogP contribution < -0.4 is 5.32 Å². The van der Waals surface area contributed by atoms with Crippen LogP contribution in [0.3, 0.4) is 0 Å². The smallest absolute Gasteiger partial charge is 0.388 e. The number of aliphatic hydroxyl groups is 1. The van der Waals surface area contributed by atoms with E-state index in [-0.39, 0.29) is 24.6 Å². The number of anilines is 1. The number of hydrogen-bond acceptors (Lipinski definition) is 3. The first kappa shape index (κ1) is 17.3. The molecule has 4 nitrogen and oxygen atoms in total. The standard InChI is InChI=1S/C18H17F3N2O2/c1-22-15-7-5-12(6-8-15)16(24)23-10-17(25,11-23)13-3-2-4-14(9-13)18(19,20)21/h2-9,22,25H,10-11H2,1H3. The van der Waals surface area contributed by atoms with Gasteiger partial charge in [-0.3, -0.25) is 4.79 Å². The third-order valence-corrected chi connectivity index (χ3v) is 4.34. The molecule has 0 spiro atoms. The summed E-state index contributed by atoms with van der Waals surface area (Å²) in [6.45, 7) is -0.0815. The summed E-state index contributed by atoms with van der Waals surface area (Å²) in [5, 5.41) is 13.5. The maximum atomic E-state index is 12.8. The van der Waals surface area contributed by atoms with Crippen LogP contribution in [0.2, 0.25) is 0 Å². The summed E-state index contributed by atoms with van der Waals surface area (Å²) < 4.78 is 38.4. The first-order chi connectivity index (χ1) is 11.7. The molecule has 2 aromatic rings. The van der Waals surface area contributed by atoms with Crippen molar-refractivity contribution < 1.29 is 23.1 Å². The fraction of sp³-hybridized carbons (Fsp3) is 0.278. The molecule has 1 fully saturated rings. The number of β-amino-alcohol motifs (C(OH)–C–C–N with tert-alkyl or cyclic N) is 1. The first-order valence-corrected chi connectivity index (χ1v) is 7.70. The van der Waals surface area contributed by atoms with Gasteiger partial charge in [-0.15, -0.1) is 0 Å². The SMILES string of the molecule is CNc1ccc(C(=O)N2CC(O)(c3cccc(C(F)(F)F)c3)C2)cc1. The average molecular weight is 350 g/mol. The molecule has 0 saturated carbocycles. The Morgan fingerprint density at radius 1 is 1.16 bits per heavy atom. The minimum Gasteiger partial charge on any atom is -0.388 e. The third-order valence-electron chi connectivity index (χ3n) is 4.34. The molecule has 1 aliphatic heterocycles. The van der Waals surface area contributed by atoms with E-state index < -0.39 is 17.3 Å². The number of benzene rings is 2. The molecule has 132 valence electrons. The highest BCUT2D eigenvalue weighted by Gasteiger charge is 2.46. The fourth-order valence-electron chi connectivity index (χ4n) is 2.86. The van der Waals surface area contributed by atoms with Crippen LogP contribution in [-0.2, 0) is 11.8 Å². The van der Waals surface area contributed by atoms with Gasteiger partial charge in [0, 0.05) is 18.3 Å². The van der Waals surface area contributed by atoms with Crippen molar-refractivity contribution in [1.82, 2.24) is 4.90 Å². The van der Waals surface area contributed by atoms with E-state index in [1.54, 1.807) is 31.3 Å². The van der Waals surface area contributed by atoms with Crippen molar-refractivity contribution in [3.63, 3.8) is 0 Å². The van der Waals surface area contributed by atoms with E-state index in [4.69, 9.17) is 0 Å². The van der Waals surface area contributed by atoms with Crippen LogP contribution in [0.5, 0.6) is 0 Å². The quantitative estimate of drug-likeness (QED) is 0.894. The summed E-state index contributed by atoms with van der Waals surface area (Å²) >= 11 is 0. The molecule has 0 unspecified atom stereocenters. The molecular weight excluding hydrogens is 333 g/mol. The summed E-state index contributed by atoms with van der Waals surface area (Å²) in [4.78, 5) is 13.8. The number of hydrogen-bond donors (Lipinski definition) is 2. The number of halogens is 3. The zero-order valence-corrected chi connectivity index (χ0v) is 13.5. The number of carbonyl (C=O) groups is 1. The van der Waals surface area contributed by atoms with Gasteiger partial charge >= 0.3 is 6.18 Å². The minimum absolute atomic E-state index is 0.0408. The molecule has 2 aromatic carbocycles. The van der Waals surface area contributed by atoms with Crippen LogP contribution in [0, 0.1) is 0 Å². The molecule has 0 bridgehead atoms. The van der Waals surface area contributed by atoms with Gasteiger partial charge in [0.05, 0.1) is 18.7 Å². The summed E-state index contributed by atoms with van der Waals surface area (Å²) in [5.74, 6) is -0.265. The van der Waals surface area contributed by atoms with Crippen molar-refractivity contribution in [2.24, 2.45) is 0 Å². The highest BCUT2D eigenvalue weighted by Crippen LogP contribution is 2.36. The molecule has 2 N–H and O–H groups in total. The van der Waals surface area contributed by atoms with Gasteiger partial charge in [-0.1, -0.05) is 12.1 Å². The van der Waals surface area contributed by atoms with Gasteiger partial charge in [0.15, 0.2) is 0 Å².